The van der Waals surface area contributed by atoms with Crippen LogP contribution in [0.1, 0.15) is 29.1 Å². The minimum absolute atomic E-state index is 0.0821. The molecule has 1 fully saturated rings. The van der Waals surface area contributed by atoms with Crippen LogP contribution < -0.4 is 9.80 Å². The number of carbonyl (C=O) groups is 1. The molecule has 2 aromatic rings. The fraction of sp³-hybridized carbons (Fsp3) is 0.435. The highest BCUT2D eigenvalue weighted by Crippen LogP contribution is 2.38. The third kappa shape index (κ3) is 4.42. The monoisotopic (exact) mass is 445 g/mol. The number of amides is 1. The number of nitrogens with zero attached hydrogens (tertiary/aromatic N) is 5. The predicted octanol–water partition coefficient (Wildman–Crippen LogP) is 3.59. The first-order chi connectivity index (χ1) is 15.3. The van der Waals surface area contributed by atoms with Crippen LogP contribution in [-0.2, 0) is 23.9 Å². The number of anilines is 2. The van der Waals surface area contributed by atoms with E-state index in [-0.39, 0.29) is 11.6 Å². The quantitative estimate of drug-likeness (QED) is 0.676. The van der Waals surface area contributed by atoms with Gasteiger partial charge in [0.2, 0.25) is 5.91 Å². The molecule has 0 N–H and O–H groups in total. The van der Waals surface area contributed by atoms with E-state index in [0.29, 0.717) is 57.9 Å². The second-order valence-electron chi connectivity index (χ2n) is 8.08. The number of aromatic nitrogens is 2. The summed E-state index contributed by atoms with van der Waals surface area (Å²) in [5.74, 6) is 1.35. The number of fused-ring (bicyclic) bond motifs is 1. The van der Waals surface area contributed by atoms with Crippen molar-refractivity contribution in [1.82, 2.24) is 14.9 Å². The molecule has 9 heteroatoms. The Morgan fingerprint density at radius 2 is 1.78 bits per heavy atom. The van der Waals surface area contributed by atoms with Crippen LogP contribution in [0.25, 0.3) is 0 Å². The summed E-state index contributed by atoms with van der Waals surface area (Å²) in [6, 6.07) is 5.71. The number of carbonyl (C=O) groups excluding carboxylic acids is 1. The van der Waals surface area contributed by atoms with Gasteiger partial charge in [-0.05, 0) is 38.0 Å². The highest BCUT2D eigenvalue weighted by atomic mass is 19.4. The molecule has 0 atom stereocenters. The summed E-state index contributed by atoms with van der Waals surface area (Å²) >= 11 is 0. The number of hydrogen-bond donors (Lipinski definition) is 0. The van der Waals surface area contributed by atoms with E-state index in [1.807, 2.05) is 0 Å². The minimum atomic E-state index is -4.42. The molecule has 32 heavy (non-hydrogen) atoms. The Hall–Kier alpha value is -3.10. The zero-order valence-corrected chi connectivity index (χ0v) is 18.0. The van der Waals surface area contributed by atoms with Crippen molar-refractivity contribution in [3.8, 4) is 0 Å². The van der Waals surface area contributed by atoms with Crippen molar-refractivity contribution in [3.05, 3.63) is 59.6 Å². The van der Waals surface area contributed by atoms with Crippen molar-refractivity contribution in [2.45, 2.75) is 32.5 Å². The fourth-order valence-corrected chi connectivity index (χ4v) is 4.46. The molecule has 1 amide bonds. The van der Waals surface area contributed by atoms with E-state index < -0.39 is 11.7 Å². The molecule has 3 heterocycles. The van der Waals surface area contributed by atoms with Gasteiger partial charge in [-0.25, -0.2) is 9.97 Å². The Morgan fingerprint density at radius 3 is 2.47 bits per heavy atom. The van der Waals surface area contributed by atoms with Crippen LogP contribution in [0.2, 0.25) is 0 Å². The number of halogens is 3. The van der Waals surface area contributed by atoms with E-state index in [1.165, 1.54) is 18.2 Å². The zero-order chi connectivity index (χ0) is 22.9. The molecule has 0 radical (unpaired) electrons. The molecule has 4 rings (SSSR count). The first-order valence-electron chi connectivity index (χ1n) is 10.7. The Morgan fingerprint density at radius 1 is 1.06 bits per heavy atom. The maximum absolute atomic E-state index is 13.6. The first-order valence-corrected chi connectivity index (χ1v) is 10.7. The van der Waals surface area contributed by atoms with E-state index in [4.69, 9.17) is 0 Å². The lowest BCUT2D eigenvalue weighted by atomic mass is 10.1. The third-order valence-corrected chi connectivity index (χ3v) is 5.99. The lowest BCUT2D eigenvalue weighted by Crippen LogP contribution is -2.49. The topological polar surface area (TPSA) is 52.6 Å². The molecule has 0 unspecified atom stereocenters. The predicted molar refractivity (Wildman–Crippen MR) is 117 cm³/mol. The largest absolute Gasteiger partial charge is 0.418 e. The maximum atomic E-state index is 13.6. The summed E-state index contributed by atoms with van der Waals surface area (Å²) in [6.45, 7) is 8.59. The molecule has 0 spiro atoms. The number of hydrogen-bond acceptors (Lipinski definition) is 5. The summed E-state index contributed by atoms with van der Waals surface area (Å²) < 4.78 is 40.8. The van der Waals surface area contributed by atoms with Gasteiger partial charge >= 0.3 is 6.18 Å². The Labute approximate surface area is 185 Å². The van der Waals surface area contributed by atoms with Crippen LogP contribution in [0.15, 0.2) is 36.9 Å². The highest BCUT2D eigenvalue weighted by molar-refractivity contribution is 5.87. The highest BCUT2D eigenvalue weighted by Gasteiger charge is 2.35. The van der Waals surface area contributed by atoms with Crippen molar-refractivity contribution >= 4 is 17.4 Å². The Bertz CT molecular complexity index is 1020. The summed E-state index contributed by atoms with van der Waals surface area (Å²) in [6.07, 6.45) is -1.69. The van der Waals surface area contributed by atoms with E-state index in [2.05, 4.69) is 21.4 Å². The molecule has 170 valence electrons. The molecule has 0 aliphatic carbocycles. The van der Waals surface area contributed by atoms with Crippen LogP contribution in [0.4, 0.5) is 24.7 Å². The molecule has 0 bridgehead atoms. The van der Waals surface area contributed by atoms with Crippen molar-refractivity contribution in [3.63, 3.8) is 0 Å². The summed E-state index contributed by atoms with van der Waals surface area (Å²) in [7, 11) is 0. The van der Waals surface area contributed by atoms with Crippen LogP contribution >= 0.6 is 0 Å². The van der Waals surface area contributed by atoms with E-state index in [0.717, 1.165) is 23.1 Å². The molecule has 1 saturated heterocycles. The molecular formula is C23H26F3N5O. The summed E-state index contributed by atoms with van der Waals surface area (Å²) in [4.78, 5) is 26.9. The number of alkyl halides is 3. The number of benzene rings is 1. The van der Waals surface area contributed by atoms with Gasteiger partial charge in [-0.15, -0.1) is 0 Å². The number of piperazine rings is 1. The van der Waals surface area contributed by atoms with Crippen molar-refractivity contribution < 1.29 is 18.0 Å². The minimum Gasteiger partial charge on any atom is -0.365 e. The van der Waals surface area contributed by atoms with Crippen LogP contribution in [-0.4, -0.2) is 53.5 Å². The Kier molecular flexibility index (Phi) is 6.08. The standard InChI is InChI=1S/C23H26F3N5O/c1-3-21(32)29-11-13-30(14-12-29)22-17-7-6-10-31(15-19(17)27-16(2)28-22)20-9-5-4-8-18(20)23(24,25)26/h3-5,8-9H,1,6-7,10-15H2,2H3. The van der Waals surface area contributed by atoms with E-state index in [9.17, 15) is 18.0 Å². The number of rotatable bonds is 3. The molecule has 2 aliphatic heterocycles. The van der Waals surface area contributed by atoms with E-state index >= 15 is 0 Å². The van der Waals surface area contributed by atoms with Crippen LogP contribution in [0.5, 0.6) is 0 Å². The molecular weight excluding hydrogens is 419 g/mol. The summed E-state index contributed by atoms with van der Waals surface area (Å²) in [5.41, 5.74) is 1.32. The molecule has 0 saturated carbocycles. The average Bonchev–Trinajstić information content (AvgIpc) is 3.00. The van der Waals surface area contributed by atoms with Gasteiger partial charge in [0.15, 0.2) is 0 Å². The van der Waals surface area contributed by atoms with Gasteiger partial charge in [-0.3, -0.25) is 4.79 Å². The average molecular weight is 445 g/mol. The lowest BCUT2D eigenvalue weighted by molar-refractivity contribution is -0.137. The molecule has 1 aromatic heterocycles. The second-order valence-corrected chi connectivity index (χ2v) is 8.08. The van der Waals surface area contributed by atoms with Crippen molar-refractivity contribution in [1.29, 1.82) is 0 Å². The van der Waals surface area contributed by atoms with Gasteiger partial charge in [-0.1, -0.05) is 18.7 Å². The van der Waals surface area contributed by atoms with Gasteiger partial charge in [0, 0.05) is 44.0 Å². The number of para-hydroxylation sites is 1. The summed E-state index contributed by atoms with van der Waals surface area (Å²) in [5, 5.41) is 0. The first kappa shape index (κ1) is 22.1. The van der Waals surface area contributed by atoms with Crippen LogP contribution in [0.3, 0.4) is 0 Å². The zero-order valence-electron chi connectivity index (χ0n) is 18.0. The molecule has 1 aromatic carbocycles. The number of aryl methyl sites for hydroxylation is 1. The maximum Gasteiger partial charge on any atom is 0.418 e. The SMILES string of the molecule is C=CC(=O)N1CCN(c2nc(C)nc3c2CCCN(c2ccccc2C(F)(F)F)C3)CC1. The smallest absolute Gasteiger partial charge is 0.365 e. The van der Waals surface area contributed by atoms with Gasteiger partial charge in [0.25, 0.3) is 0 Å². The van der Waals surface area contributed by atoms with Crippen LogP contribution in [0, 0.1) is 6.92 Å². The fourth-order valence-electron chi connectivity index (χ4n) is 4.46. The molecule has 6 nitrogen and oxygen atoms in total. The van der Waals surface area contributed by atoms with Gasteiger partial charge in [-0.2, -0.15) is 13.2 Å². The van der Waals surface area contributed by atoms with Gasteiger partial charge in [0.05, 0.1) is 17.8 Å². The Balaban J connectivity index is 1.63. The van der Waals surface area contributed by atoms with Gasteiger partial charge < -0.3 is 14.7 Å². The second kappa shape index (κ2) is 8.80. The molecule has 2 aliphatic rings. The van der Waals surface area contributed by atoms with E-state index in [1.54, 1.807) is 22.8 Å². The van der Waals surface area contributed by atoms with Crippen molar-refractivity contribution in [2.75, 3.05) is 42.5 Å². The van der Waals surface area contributed by atoms with Crippen molar-refractivity contribution in [2.24, 2.45) is 0 Å². The third-order valence-electron chi connectivity index (χ3n) is 5.99. The normalized spacial score (nSPS) is 17.1. The lowest BCUT2D eigenvalue weighted by Gasteiger charge is -2.36. The van der Waals surface area contributed by atoms with Gasteiger partial charge in [0.1, 0.15) is 11.6 Å².